The van der Waals surface area contributed by atoms with Gasteiger partial charge < -0.3 is 10.1 Å². The average molecular weight is 568 g/mol. The molecule has 7 nitrogen and oxygen atoms in total. The number of carbonyl (C=O) groups excluding carboxylic acids is 1. The van der Waals surface area contributed by atoms with Crippen molar-refractivity contribution in [3.8, 4) is 5.75 Å². The summed E-state index contributed by atoms with van der Waals surface area (Å²) in [5.74, 6) is -0.955. The minimum Gasteiger partial charge on any atom is -0.495 e. The van der Waals surface area contributed by atoms with Crippen molar-refractivity contribution in [2.75, 3.05) is 20.2 Å². The third-order valence-electron chi connectivity index (χ3n) is 7.40. The number of fused-ring (bicyclic) bond motifs is 1. The summed E-state index contributed by atoms with van der Waals surface area (Å²) >= 11 is 0. The number of likely N-dealkylation sites (tertiary alicyclic amines) is 1. The molecule has 1 aliphatic carbocycles. The normalized spacial score (nSPS) is 19.3. The summed E-state index contributed by atoms with van der Waals surface area (Å²) in [5.41, 5.74) is 3.74. The highest BCUT2D eigenvalue weighted by Gasteiger charge is 2.44. The van der Waals surface area contributed by atoms with Gasteiger partial charge in [-0.25, -0.2) is 8.42 Å². The maximum atomic E-state index is 13.9. The summed E-state index contributed by atoms with van der Waals surface area (Å²) < 4.78 is 74.2. The lowest BCUT2D eigenvalue weighted by molar-refractivity contribution is -0.158. The van der Waals surface area contributed by atoms with Crippen molar-refractivity contribution >= 4 is 15.9 Å². The lowest BCUT2D eigenvalue weighted by atomic mass is 9.86. The molecule has 0 saturated carbocycles. The fourth-order valence-corrected chi connectivity index (χ4v) is 6.87. The van der Waals surface area contributed by atoms with Crippen LogP contribution in [0.5, 0.6) is 5.75 Å². The zero-order valence-electron chi connectivity index (χ0n) is 22.3. The number of halogens is 3. The number of carbonyl (C=O) groups is 1. The Morgan fingerprint density at radius 3 is 2.54 bits per heavy atom. The minimum absolute atomic E-state index is 0.0862. The molecular formula is C28H36F3N3O4S. The highest BCUT2D eigenvalue weighted by molar-refractivity contribution is 7.89. The van der Waals surface area contributed by atoms with Crippen molar-refractivity contribution in [2.45, 2.75) is 81.6 Å². The molecule has 2 aromatic rings. The number of sulfonamides is 1. The molecule has 4 rings (SSSR count). The van der Waals surface area contributed by atoms with Gasteiger partial charge in [0.2, 0.25) is 15.9 Å². The fourth-order valence-electron chi connectivity index (χ4n) is 5.40. The number of hydrogen-bond acceptors (Lipinski definition) is 5. The number of hydrogen-bond donors (Lipinski definition) is 2. The van der Waals surface area contributed by atoms with Gasteiger partial charge in [-0.3, -0.25) is 9.69 Å². The monoisotopic (exact) mass is 567 g/mol. The number of nitrogens with zero attached hydrogens (tertiary/aromatic N) is 1. The predicted molar refractivity (Wildman–Crippen MR) is 142 cm³/mol. The number of nitrogens with one attached hydrogen (secondary N) is 2. The van der Waals surface area contributed by atoms with E-state index in [9.17, 15) is 26.4 Å². The Balaban J connectivity index is 1.45. The van der Waals surface area contributed by atoms with Crippen LogP contribution < -0.4 is 14.8 Å². The molecule has 2 aromatic carbocycles. The Morgan fingerprint density at radius 1 is 1.10 bits per heavy atom. The molecule has 0 unspecified atom stereocenters. The van der Waals surface area contributed by atoms with Crippen LogP contribution in [0.4, 0.5) is 13.2 Å². The number of ether oxygens (including phenoxy) is 1. The predicted octanol–water partition coefficient (Wildman–Crippen LogP) is 4.78. The molecule has 1 aliphatic heterocycles. The Kier molecular flexibility index (Phi) is 9.23. The van der Waals surface area contributed by atoms with E-state index in [0.29, 0.717) is 12.0 Å². The highest BCUT2D eigenvalue weighted by atomic mass is 32.2. The number of benzene rings is 2. The average Bonchev–Trinajstić information content (AvgIpc) is 2.88. The molecule has 1 saturated heterocycles. The van der Waals surface area contributed by atoms with Gasteiger partial charge >= 0.3 is 6.18 Å². The standard InChI is InChI=1S/C28H36F3N3O4S/c1-19-9-12-24(38-2)25(15-19)39(36,37)33-26(28(29,30)31)17-27(35)32-23-8-6-7-21-16-20(10-11-22(21)23)18-34-13-4-3-5-14-34/h9-12,15-16,23,26,33H,3-8,13-14,17-18H2,1-2H3,(H,32,35)/t23-,26-/m1/s1. The third-order valence-corrected chi connectivity index (χ3v) is 8.90. The summed E-state index contributed by atoms with van der Waals surface area (Å²) in [6.45, 7) is 4.64. The van der Waals surface area contributed by atoms with Gasteiger partial charge in [0.15, 0.2) is 0 Å². The van der Waals surface area contributed by atoms with Crippen LogP contribution in [0.3, 0.4) is 0 Å². The summed E-state index contributed by atoms with van der Waals surface area (Å²) in [5, 5.41) is 2.73. The third kappa shape index (κ3) is 7.52. The topological polar surface area (TPSA) is 87.7 Å². The lowest BCUT2D eigenvalue weighted by Crippen LogP contribution is -2.48. The number of piperidine rings is 1. The largest absolute Gasteiger partial charge is 0.495 e. The molecule has 39 heavy (non-hydrogen) atoms. The van der Waals surface area contributed by atoms with Crippen LogP contribution in [-0.4, -0.2) is 51.6 Å². The zero-order chi connectivity index (χ0) is 28.2. The second-order valence-electron chi connectivity index (χ2n) is 10.5. The maximum Gasteiger partial charge on any atom is 0.405 e. The van der Waals surface area contributed by atoms with Gasteiger partial charge in [-0.1, -0.05) is 30.7 Å². The van der Waals surface area contributed by atoms with E-state index in [1.54, 1.807) is 17.7 Å². The SMILES string of the molecule is COc1ccc(C)cc1S(=O)(=O)N[C@H](CC(=O)N[C@@H]1CCCc2cc(CN3CCCCC3)ccc21)C(F)(F)F. The van der Waals surface area contributed by atoms with Crippen molar-refractivity contribution in [3.63, 3.8) is 0 Å². The van der Waals surface area contributed by atoms with E-state index in [1.807, 2.05) is 12.1 Å². The fraction of sp³-hybridized carbons (Fsp3) is 0.536. The van der Waals surface area contributed by atoms with Gasteiger partial charge in [-0.05, 0) is 86.5 Å². The molecule has 11 heteroatoms. The van der Waals surface area contributed by atoms with E-state index in [0.717, 1.165) is 43.6 Å². The van der Waals surface area contributed by atoms with Crippen molar-refractivity contribution < 1.29 is 31.1 Å². The zero-order valence-corrected chi connectivity index (χ0v) is 23.1. The summed E-state index contributed by atoms with van der Waals surface area (Å²) in [6.07, 6.45) is -0.136. The highest BCUT2D eigenvalue weighted by Crippen LogP contribution is 2.32. The summed E-state index contributed by atoms with van der Waals surface area (Å²) in [7, 11) is -3.40. The van der Waals surface area contributed by atoms with Crippen molar-refractivity contribution in [1.82, 2.24) is 14.9 Å². The Bertz CT molecular complexity index is 1280. The molecule has 1 heterocycles. The van der Waals surface area contributed by atoms with Crippen molar-refractivity contribution in [3.05, 3.63) is 58.7 Å². The van der Waals surface area contributed by atoms with Crippen molar-refractivity contribution in [1.29, 1.82) is 0 Å². The van der Waals surface area contributed by atoms with Crippen LogP contribution in [0.2, 0.25) is 0 Å². The van der Waals surface area contributed by atoms with E-state index in [-0.39, 0.29) is 5.75 Å². The molecule has 2 atom stereocenters. The number of alkyl halides is 3. The van der Waals surface area contributed by atoms with Crippen LogP contribution >= 0.6 is 0 Å². The first-order chi connectivity index (χ1) is 18.5. The van der Waals surface area contributed by atoms with E-state index >= 15 is 0 Å². The van der Waals surface area contributed by atoms with Gasteiger partial charge in [0.05, 0.1) is 19.6 Å². The van der Waals surface area contributed by atoms with Gasteiger partial charge in [-0.2, -0.15) is 17.9 Å². The molecule has 0 aromatic heterocycles. The van der Waals surface area contributed by atoms with Crippen LogP contribution in [-0.2, 0) is 27.8 Å². The van der Waals surface area contributed by atoms with Gasteiger partial charge in [0, 0.05) is 6.54 Å². The first-order valence-electron chi connectivity index (χ1n) is 13.3. The summed E-state index contributed by atoms with van der Waals surface area (Å²) in [4.78, 5) is 14.8. The van der Waals surface area contributed by atoms with E-state index in [2.05, 4.69) is 16.3 Å². The Labute approximate surface area is 228 Å². The first kappa shape index (κ1) is 29.4. The minimum atomic E-state index is -4.98. The molecule has 2 N–H and O–H groups in total. The number of amides is 1. The van der Waals surface area contributed by atoms with Gasteiger partial charge in [0.25, 0.3) is 0 Å². The summed E-state index contributed by atoms with van der Waals surface area (Å²) in [6, 6.07) is 7.31. The van der Waals surface area contributed by atoms with Gasteiger partial charge in [0.1, 0.15) is 16.7 Å². The molecule has 1 fully saturated rings. The lowest BCUT2D eigenvalue weighted by Gasteiger charge is -2.30. The van der Waals surface area contributed by atoms with Crippen LogP contribution in [0.15, 0.2) is 41.3 Å². The number of aryl methyl sites for hydroxylation is 2. The van der Waals surface area contributed by atoms with E-state index in [1.165, 1.54) is 44.1 Å². The smallest absolute Gasteiger partial charge is 0.405 e. The molecule has 1 amide bonds. The second-order valence-corrected chi connectivity index (χ2v) is 12.1. The second kappa shape index (κ2) is 12.3. The number of methoxy groups -OCH3 is 1. The Hall–Kier alpha value is -2.63. The van der Waals surface area contributed by atoms with Crippen LogP contribution in [0.1, 0.15) is 66.8 Å². The Morgan fingerprint density at radius 2 is 1.85 bits per heavy atom. The molecular weight excluding hydrogens is 531 g/mol. The van der Waals surface area contributed by atoms with Crippen molar-refractivity contribution in [2.24, 2.45) is 0 Å². The first-order valence-corrected chi connectivity index (χ1v) is 14.8. The number of rotatable bonds is 9. The molecule has 0 spiro atoms. The quantitative estimate of drug-likeness (QED) is 0.455. The van der Waals surface area contributed by atoms with Gasteiger partial charge in [-0.15, -0.1) is 0 Å². The van der Waals surface area contributed by atoms with Crippen LogP contribution in [0, 0.1) is 6.92 Å². The van der Waals surface area contributed by atoms with E-state index < -0.39 is 45.5 Å². The molecule has 2 aliphatic rings. The maximum absolute atomic E-state index is 13.9. The van der Waals surface area contributed by atoms with E-state index in [4.69, 9.17) is 4.74 Å². The molecule has 0 radical (unpaired) electrons. The molecule has 0 bridgehead atoms. The molecule has 214 valence electrons. The van der Waals surface area contributed by atoms with Crippen LogP contribution in [0.25, 0.3) is 0 Å².